The van der Waals surface area contributed by atoms with E-state index in [1.807, 2.05) is 30.3 Å². The zero-order chi connectivity index (χ0) is 17.5. The number of benzene rings is 1. The highest BCUT2D eigenvalue weighted by atomic mass is 15.1. The Bertz CT molecular complexity index is 780. The molecule has 2 aromatic heterocycles. The first-order valence-electron chi connectivity index (χ1n) is 9.12. The fourth-order valence-electron chi connectivity index (χ4n) is 2.97. The van der Waals surface area contributed by atoms with Crippen LogP contribution >= 0.6 is 0 Å². The van der Waals surface area contributed by atoms with Crippen LogP contribution in [0.5, 0.6) is 0 Å². The number of rotatable bonds is 8. The van der Waals surface area contributed by atoms with Gasteiger partial charge >= 0.3 is 0 Å². The van der Waals surface area contributed by atoms with Gasteiger partial charge in [-0.15, -0.1) is 0 Å². The van der Waals surface area contributed by atoms with Gasteiger partial charge in [0.25, 0.3) is 0 Å². The minimum Gasteiger partial charge on any atom is -0.338 e. The van der Waals surface area contributed by atoms with Gasteiger partial charge in [-0.25, -0.2) is 9.55 Å². The molecule has 0 bridgehead atoms. The van der Waals surface area contributed by atoms with Crippen LogP contribution < -0.4 is 4.57 Å². The van der Waals surface area contributed by atoms with Crippen LogP contribution in [-0.4, -0.2) is 34.5 Å². The second-order valence-electron chi connectivity index (χ2n) is 6.22. The van der Waals surface area contributed by atoms with E-state index in [4.69, 9.17) is 0 Å². The molecule has 0 radical (unpaired) electrons. The number of hydrogen-bond donors (Lipinski definition) is 1. The SMILES string of the molecule is CCN(CC)CCC[n+]1ccc(/C=C/c2nc3ccccc3[nH]2)cc1. The van der Waals surface area contributed by atoms with Gasteiger partial charge in [0.2, 0.25) is 0 Å². The monoisotopic (exact) mass is 335 g/mol. The number of nitrogens with zero attached hydrogens (tertiary/aromatic N) is 3. The summed E-state index contributed by atoms with van der Waals surface area (Å²) in [5, 5.41) is 0. The Morgan fingerprint density at radius 3 is 2.52 bits per heavy atom. The number of hydrogen-bond acceptors (Lipinski definition) is 2. The quantitative estimate of drug-likeness (QED) is 0.636. The van der Waals surface area contributed by atoms with Crippen LogP contribution in [-0.2, 0) is 6.54 Å². The summed E-state index contributed by atoms with van der Waals surface area (Å²) >= 11 is 0. The minimum absolute atomic E-state index is 0.886. The normalized spacial score (nSPS) is 11.8. The smallest absolute Gasteiger partial charge is 0.169 e. The number of H-pyrrole nitrogens is 1. The summed E-state index contributed by atoms with van der Waals surface area (Å²) in [7, 11) is 0. The Morgan fingerprint density at radius 1 is 1.04 bits per heavy atom. The number of para-hydroxylation sites is 2. The lowest BCUT2D eigenvalue weighted by Crippen LogP contribution is -2.35. The molecule has 4 heteroatoms. The molecule has 0 spiro atoms. The molecule has 25 heavy (non-hydrogen) atoms. The Hall–Kier alpha value is -2.46. The molecule has 4 nitrogen and oxygen atoms in total. The van der Waals surface area contributed by atoms with Crippen LogP contribution in [0.4, 0.5) is 0 Å². The molecule has 0 amide bonds. The molecule has 0 unspecified atom stereocenters. The molecule has 130 valence electrons. The van der Waals surface area contributed by atoms with Crippen molar-refractivity contribution in [2.75, 3.05) is 19.6 Å². The van der Waals surface area contributed by atoms with E-state index in [-0.39, 0.29) is 0 Å². The zero-order valence-corrected chi connectivity index (χ0v) is 15.2. The maximum atomic E-state index is 4.57. The molecular weight excluding hydrogens is 308 g/mol. The Labute approximate surface area is 149 Å². The van der Waals surface area contributed by atoms with E-state index in [9.17, 15) is 0 Å². The number of aromatic nitrogens is 3. The van der Waals surface area contributed by atoms with Crippen LogP contribution in [0, 0.1) is 0 Å². The Kier molecular flexibility index (Phi) is 5.96. The minimum atomic E-state index is 0.886. The predicted octanol–water partition coefficient (Wildman–Crippen LogP) is 3.75. The predicted molar refractivity (Wildman–Crippen MR) is 104 cm³/mol. The lowest BCUT2D eigenvalue weighted by molar-refractivity contribution is -0.697. The maximum Gasteiger partial charge on any atom is 0.169 e. The first kappa shape index (κ1) is 17.4. The van der Waals surface area contributed by atoms with Gasteiger partial charge in [-0.1, -0.05) is 32.1 Å². The van der Waals surface area contributed by atoms with Crippen molar-refractivity contribution in [3.8, 4) is 0 Å². The summed E-state index contributed by atoms with van der Waals surface area (Å²) in [5.41, 5.74) is 3.25. The standard InChI is InChI=1S/C21H26N4/c1-3-24(4-2)14-7-15-25-16-12-18(13-17-25)10-11-21-22-19-8-5-6-9-20(19)23-21/h5-6,8-13,16-17H,3-4,7,14-15H2,1-2H3/p+1. The fourth-order valence-corrected chi connectivity index (χ4v) is 2.97. The third-order valence-electron chi connectivity index (χ3n) is 4.54. The van der Waals surface area contributed by atoms with E-state index in [0.29, 0.717) is 0 Å². The van der Waals surface area contributed by atoms with Gasteiger partial charge in [0.15, 0.2) is 12.4 Å². The average molecular weight is 335 g/mol. The van der Waals surface area contributed by atoms with Crippen molar-refractivity contribution >= 4 is 23.2 Å². The maximum absolute atomic E-state index is 4.57. The van der Waals surface area contributed by atoms with Crippen LogP contribution in [0.15, 0.2) is 48.8 Å². The van der Waals surface area contributed by atoms with Gasteiger partial charge in [0.1, 0.15) is 12.4 Å². The summed E-state index contributed by atoms with van der Waals surface area (Å²) in [5.74, 6) is 0.886. The second-order valence-corrected chi connectivity index (χ2v) is 6.22. The number of aryl methyl sites for hydroxylation is 1. The molecule has 1 N–H and O–H groups in total. The third-order valence-corrected chi connectivity index (χ3v) is 4.54. The Morgan fingerprint density at radius 2 is 1.80 bits per heavy atom. The summed E-state index contributed by atoms with van der Waals surface area (Å²) in [6, 6.07) is 12.4. The van der Waals surface area contributed by atoms with E-state index in [1.54, 1.807) is 0 Å². The van der Waals surface area contributed by atoms with Gasteiger partial charge in [-0.05, 0) is 36.9 Å². The van der Waals surface area contributed by atoms with Crippen molar-refractivity contribution in [1.82, 2.24) is 14.9 Å². The highest BCUT2D eigenvalue weighted by Crippen LogP contribution is 2.12. The van der Waals surface area contributed by atoms with E-state index in [1.165, 1.54) is 12.0 Å². The molecule has 0 atom stereocenters. The Balaban J connectivity index is 1.56. The van der Waals surface area contributed by atoms with E-state index in [2.05, 4.69) is 63.9 Å². The molecule has 1 aromatic carbocycles. The number of nitrogens with one attached hydrogen (secondary N) is 1. The molecule has 0 fully saturated rings. The van der Waals surface area contributed by atoms with Crippen LogP contribution in [0.25, 0.3) is 23.2 Å². The van der Waals surface area contributed by atoms with Crippen molar-refractivity contribution < 1.29 is 4.57 Å². The van der Waals surface area contributed by atoms with Gasteiger partial charge in [0.05, 0.1) is 11.0 Å². The first-order chi connectivity index (χ1) is 12.3. The van der Waals surface area contributed by atoms with Gasteiger partial charge in [0, 0.05) is 25.1 Å². The fraction of sp³-hybridized carbons (Fsp3) is 0.333. The van der Waals surface area contributed by atoms with Crippen LogP contribution in [0.2, 0.25) is 0 Å². The zero-order valence-electron chi connectivity index (χ0n) is 15.2. The lowest BCUT2D eigenvalue weighted by atomic mass is 10.2. The highest BCUT2D eigenvalue weighted by molar-refractivity contribution is 5.78. The number of imidazole rings is 1. The van der Waals surface area contributed by atoms with E-state index >= 15 is 0 Å². The van der Waals surface area contributed by atoms with Crippen molar-refractivity contribution in [1.29, 1.82) is 0 Å². The van der Waals surface area contributed by atoms with Crippen molar-refractivity contribution in [2.45, 2.75) is 26.8 Å². The molecule has 2 heterocycles. The number of aromatic amines is 1. The summed E-state index contributed by atoms with van der Waals surface area (Å²) in [6.45, 7) is 8.93. The van der Waals surface area contributed by atoms with E-state index in [0.717, 1.165) is 43.0 Å². The van der Waals surface area contributed by atoms with Gasteiger partial charge in [-0.2, -0.15) is 0 Å². The van der Waals surface area contributed by atoms with Crippen LogP contribution in [0.1, 0.15) is 31.7 Å². The average Bonchev–Trinajstić information content (AvgIpc) is 3.07. The molecule has 3 rings (SSSR count). The molecular formula is C21H27N4+. The van der Waals surface area contributed by atoms with Crippen molar-refractivity contribution in [3.05, 3.63) is 60.2 Å². The summed E-state index contributed by atoms with van der Waals surface area (Å²) < 4.78 is 2.25. The lowest BCUT2D eigenvalue weighted by Gasteiger charge is -2.16. The van der Waals surface area contributed by atoms with Crippen LogP contribution in [0.3, 0.4) is 0 Å². The van der Waals surface area contributed by atoms with Gasteiger partial charge in [-0.3, -0.25) is 0 Å². The molecule has 3 aromatic rings. The summed E-state index contributed by atoms with van der Waals surface area (Å²) in [4.78, 5) is 10.3. The second kappa shape index (κ2) is 8.58. The van der Waals surface area contributed by atoms with Gasteiger partial charge < -0.3 is 9.88 Å². The largest absolute Gasteiger partial charge is 0.338 e. The summed E-state index contributed by atoms with van der Waals surface area (Å²) in [6.07, 6.45) is 9.61. The van der Waals surface area contributed by atoms with Crippen molar-refractivity contribution in [3.63, 3.8) is 0 Å². The van der Waals surface area contributed by atoms with Crippen molar-refractivity contribution in [2.24, 2.45) is 0 Å². The topological polar surface area (TPSA) is 35.8 Å². The molecule has 0 aliphatic rings. The highest BCUT2D eigenvalue weighted by Gasteiger charge is 2.03. The molecule has 0 saturated heterocycles. The first-order valence-corrected chi connectivity index (χ1v) is 9.12. The molecule has 0 saturated carbocycles. The third kappa shape index (κ3) is 4.77. The molecule has 0 aliphatic heterocycles. The number of pyridine rings is 1. The number of fused-ring (bicyclic) bond motifs is 1. The molecule has 0 aliphatic carbocycles. The van der Waals surface area contributed by atoms with E-state index < -0.39 is 0 Å².